The highest BCUT2D eigenvalue weighted by Gasteiger charge is 2.25. The summed E-state index contributed by atoms with van der Waals surface area (Å²) in [6, 6.07) is 0. The molecule has 0 saturated heterocycles. The zero-order chi connectivity index (χ0) is 13.5. The van der Waals surface area contributed by atoms with Crippen molar-refractivity contribution in [3.8, 4) is 0 Å². The van der Waals surface area contributed by atoms with Gasteiger partial charge in [-0.3, -0.25) is 0 Å². The highest BCUT2D eigenvalue weighted by atomic mass is 16.3. The molecule has 0 spiro atoms. The molecule has 0 aromatic carbocycles. The lowest BCUT2D eigenvalue weighted by Crippen LogP contribution is -2.35. The summed E-state index contributed by atoms with van der Waals surface area (Å²) in [5.41, 5.74) is -1.37. The van der Waals surface area contributed by atoms with Crippen LogP contribution in [-0.4, -0.2) is 67.8 Å². The number of aliphatic hydroxyl groups is 6. The molecule has 0 rings (SSSR count). The van der Waals surface area contributed by atoms with Crippen LogP contribution in [0.1, 0.15) is 32.6 Å². The van der Waals surface area contributed by atoms with Crippen molar-refractivity contribution < 1.29 is 30.6 Å². The molecule has 0 aromatic rings. The molecule has 6 heteroatoms. The monoisotopic (exact) mass is 252 g/mol. The molecule has 6 nitrogen and oxygen atoms in total. The van der Waals surface area contributed by atoms with Gasteiger partial charge in [-0.2, -0.15) is 0 Å². The number of aliphatic hydroxyl groups excluding tert-OH is 5. The molecular formula is C11H24O6. The van der Waals surface area contributed by atoms with E-state index in [0.29, 0.717) is 0 Å². The van der Waals surface area contributed by atoms with Gasteiger partial charge in [0, 0.05) is 13.0 Å². The van der Waals surface area contributed by atoms with E-state index < -0.39 is 30.5 Å². The van der Waals surface area contributed by atoms with Gasteiger partial charge < -0.3 is 30.6 Å². The number of rotatable bonds is 9. The summed E-state index contributed by atoms with van der Waals surface area (Å²) in [6.45, 7) is 0.770. The Morgan fingerprint density at radius 2 is 1.47 bits per heavy atom. The van der Waals surface area contributed by atoms with Crippen molar-refractivity contribution in [2.45, 2.75) is 56.5 Å². The van der Waals surface area contributed by atoms with Crippen LogP contribution in [0.4, 0.5) is 0 Å². The molecule has 104 valence electrons. The van der Waals surface area contributed by atoms with Crippen LogP contribution in [-0.2, 0) is 0 Å². The van der Waals surface area contributed by atoms with E-state index in [4.69, 9.17) is 10.2 Å². The minimum Gasteiger partial charge on any atom is -0.396 e. The van der Waals surface area contributed by atoms with Crippen LogP contribution < -0.4 is 0 Å². The van der Waals surface area contributed by atoms with Crippen molar-refractivity contribution in [3.05, 3.63) is 0 Å². The summed E-state index contributed by atoms with van der Waals surface area (Å²) in [4.78, 5) is 0. The average Bonchev–Trinajstić information content (AvgIpc) is 2.16. The molecule has 0 heterocycles. The third kappa shape index (κ3) is 8.48. The predicted octanol–water partition coefficient (Wildman–Crippen LogP) is -1.63. The fourth-order valence-electron chi connectivity index (χ4n) is 1.65. The summed E-state index contributed by atoms with van der Waals surface area (Å²) in [6.07, 6.45) is -2.44. The first kappa shape index (κ1) is 16.8. The van der Waals surface area contributed by atoms with Gasteiger partial charge >= 0.3 is 0 Å². The smallest absolute Gasteiger partial charge is 0.0874 e. The maximum absolute atomic E-state index is 9.57. The van der Waals surface area contributed by atoms with Crippen molar-refractivity contribution in [1.82, 2.24) is 0 Å². The molecule has 0 aliphatic heterocycles. The Morgan fingerprint density at radius 1 is 0.941 bits per heavy atom. The number of hydrogen-bond acceptors (Lipinski definition) is 6. The molecule has 0 bridgehead atoms. The maximum Gasteiger partial charge on any atom is 0.0874 e. The summed E-state index contributed by atoms with van der Waals surface area (Å²) in [5.74, 6) is 0. The first-order valence-corrected chi connectivity index (χ1v) is 5.79. The minimum absolute atomic E-state index is 0.0125. The minimum atomic E-state index is -1.37. The van der Waals surface area contributed by atoms with Gasteiger partial charge in [0.2, 0.25) is 0 Å². The van der Waals surface area contributed by atoms with Gasteiger partial charge in [0.05, 0.1) is 30.5 Å². The molecule has 4 unspecified atom stereocenters. The van der Waals surface area contributed by atoms with E-state index in [-0.39, 0.29) is 32.3 Å². The first-order valence-electron chi connectivity index (χ1n) is 5.79. The maximum atomic E-state index is 9.57. The van der Waals surface area contributed by atoms with Gasteiger partial charge in [-0.25, -0.2) is 0 Å². The van der Waals surface area contributed by atoms with Crippen molar-refractivity contribution in [2.75, 3.05) is 13.2 Å². The summed E-state index contributed by atoms with van der Waals surface area (Å²) in [5, 5.41) is 55.3. The zero-order valence-corrected chi connectivity index (χ0v) is 10.2. The largest absolute Gasteiger partial charge is 0.396 e. The van der Waals surface area contributed by atoms with Crippen molar-refractivity contribution in [3.63, 3.8) is 0 Å². The molecule has 0 fully saturated rings. The Morgan fingerprint density at radius 3 is 1.94 bits per heavy atom. The van der Waals surface area contributed by atoms with Crippen LogP contribution in [0.5, 0.6) is 0 Å². The van der Waals surface area contributed by atoms with Crippen LogP contribution in [0.2, 0.25) is 0 Å². The standard InChI is InChI=1S/C11H24O6/c1-11(17,7-13)6-10(16)5-9(15)4-8(14)2-3-12/h8-10,12-17H,2-7H2,1H3. The van der Waals surface area contributed by atoms with Gasteiger partial charge in [0.15, 0.2) is 0 Å². The van der Waals surface area contributed by atoms with Gasteiger partial charge in [0.25, 0.3) is 0 Å². The SMILES string of the molecule is CC(O)(CO)CC(O)CC(O)CC(O)CCO. The lowest BCUT2D eigenvalue weighted by atomic mass is 9.94. The molecule has 17 heavy (non-hydrogen) atoms. The van der Waals surface area contributed by atoms with Gasteiger partial charge in [-0.05, 0) is 26.2 Å². The van der Waals surface area contributed by atoms with Gasteiger partial charge in [0.1, 0.15) is 0 Å². The molecule has 0 radical (unpaired) electrons. The van der Waals surface area contributed by atoms with Crippen molar-refractivity contribution >= 4 is 0 Å². The van der Waals surface area contributed by atoms with Crippen molar-refractivity contribution in [1.29, 1.82) is 0 Å². The van der Waals surface area contributed by atoms with E-state index in [0.717, 1.165) is 0 Å². The van der Waals surface area contributed by atoms with Gasteiger partial charge in [-0.1, -0.05) is 0 Å². The lowest BCUT2D eigenvalue weighted by molar-refractivity contribution is -0.0483. The third-order valence-corrected chi connectivity index (χ3v) is 2.57. The highest BCUT2D eigenvalue weighted by Crippen LogP contribution is 2.16. The van der Waals surface area contributed by atoms with E-state index in [1.165, 1.54) is 6.92 Å². The zero-order valence-electron chi connectivity index (χ0n) is 10.2. The second kappa shape index (κ2) is 7.97. The summed E-state index contributed by atoms with van der Waals surface area (Å²) in [7, 11) is 0. The Hall–Kier alpha value is -0.240. The molecule has 0 saturated carbocycles. The Labute approximate surface area is 101 Å². The molecule has 0 aromatic heterocycles. The summed E-state index contributed by atoms with van der Waals surface area (Å²) >= 11 is 0. The molecular weight excluding hydrogens is 228 g/mol. The van der Waals surface area contributed by atoms with E-state index in [1.54, 1.807) is 0 Å². The quantitative estimate of drug-likeness (QED) is 0.293. The molecule has 6 N–H and O–H groups in total. The molecule has 0 amide bonds. The second-order valence-corrected chi connectivity index (χ2v) is 4.80. The average molecular weight is 252 g/mol. The Balaban J connectivity index is 3.91. The third-order valence-electron chi connectivity index (χ3n) is 2.57. The lowest BCUT2D eigenvalue weighted by Gasteiger charge is -2.25. The van der Waals surface area contributed by atoms with Crippen LogP contribution in [0.15, 0.2) is 0 Å². The topological polar surface area (TPSA) is 121 Å². The molecule has 0 aliphatic rings. The van der Waals surface area contributed by atoms with E-state index >= 15 is 0 Å². The predicted molar refractivity (Wildman–Crippen MR) is 61.3 cm³/mol. The molecule has 0 aliphatic carbocycles. The second-order valence-electron chi connectivity index (χ2n) is 4.80. The van der Waals surface area contributed by atoms with E-state index in [1.807, 2.05) is 0 Å². The fourth-order valence-corrected chi connectivity index (χ4v) is 1.65. The van der Waals surface area contributed by atoms with Crippen LogP contribution in [0.3, 0.4) is 0 Å². The summed E-state index contributed by atoms with van der Waals surface area (Å²) < 4.78 is 0. The van der Waals surface area contributed by atoms with Crippen LogP contribution in [0, 0.1) is 0 Å². The number of hydrogen-bond donors (Lipinski definition) is 6. The first-order chi connectivity index (χ1) is 7.80. The van der Waals surface area contributed by atoms with E-state index in [9.17, 15) is 20.4 Å². The van der Waals surface area contributed by atoms with Crippen molar-refractivity contribution in [2.24, 2.45) is 0 Å². The van der Waals surface area contributed by atoms with Crippen LogP contribution >= 0.6 is 0 Å². The highest BCUT2D eigenvalue weighted by molar-refractivity contribution is 4.77. The normalized spacial score (nSPS) is 20.6. The fraction of sp³-hybridized carbons (Fsp3) is 1.00. The van der Waals surface area contributed by atoms with E-state index in [2.05, 4.69) is 0 Å². The van der Waals surface area contributed by atoms with Crippen LogP contribution in [0.25, 0.3) is 0 Å². The Kier molecular flexibility index (Phi) is 7.85. The molecule has 4 atom stereocenters. The Bertz CT molecular complexity index is 196. The van der Waals surface area contributed by atoms with Gasteiger partial charge in [-0.15, -0.1) is 0 Å².